The van der Waals surface area contributed by atoms with Gasteiger partial charge in [0.2, 0.25) is 0 Å². The van der Waals surface area contributed by atoms with Crippen LogP contribution in [-0.4, -0.2) is 10.9 Å². The Kier molecular flexibility index (Phi) is 5.81. The van der Waals surface area contributed by atoms with Gasteiger partial charge in [0.05, 0.1) is 0 Å². The average Bonchev–Trinajstić information content (AvgIpc) is 2.65. The van der Waals surface area contributed by atoms with E-state index in [1.54, 1.807) is 18.2 Å². The lowest BCUT2D eigenvalue weighted by molar-refractivity contribution is 0.0951. The van der Waals surface area contributed by atoms with Crippen LogP contribution < -0.4 is 10.1 Å². The molecule has 1 aromatic heterocycles. The summed E-state index contributed by atoms with van der Waals surface area (Å²) < 4.78 is 18.8. The van der Waals surface area contributed by atoms with Crippen LogP contribution in [0.3, 0.4) is 0 Å². The van der Waals surface area contributed by atoms with Gasteiger partial charge in [-0.1, -0.05) is 35.9 Å². The van der Waals surface area contributed by atoms with Crippen LogP contribution in [0.5, 0.6) is 5.75 Å². The quantitative estimate of drug-likeness (QED) is 0.655. The average molecular weight is 371 g/mol. The van der Waals surface area contributed by atoms with E-state index in [4.69, 9.17) is 16.3 Å². The van der Waals surface area contributed by atoms with Crippen molar-refractivity contribution in [3.05, 3.63) is 94.5 Å². The first-order valence-electron chi connectivity index (χ1n) is 7.96. The zero-order valence-electron chi connectivity index (χ0n) is 13.8. The molecule has 132 valence electrons. The topological polar surface area (TPSA) is 51.2 Å². The van der Waals surface area contributed by atoms with Crippen LogP contribution in [0.4, 0.5) is 4.39 Å². The Morgan fingerprint density at radius 2 is 1.88 bits per heavy atom. The molecule has 0 aliphatic rings. The highest BCUT2D eigenvalue weighted by Crippen LogP contribution is 2.15. The molecule has 0 unspecified atom stereocenters. The molecule has 0 saturated carbocycles. The second-order valence-electron chi connectivity index (χ2n) is 5.61. The van der Waals surface area contributed by atoms with Gasteiger partial charge in [0.1, 0.15) is 23.3 Å². The monoisotopic (exact) mass is 370 g/mol. The predicted octanol–water partition coefficient (Wildman–Crippen LogP) is 4.38. The molecule has 3 aromatic rings. The van der Waals surface area contributed by atoms with Crippen LogP contribution in [-0.2, 0) is 13.2 Å². The number of amides is 1. The maximum absolute atomic E-state index is 13.1. The van der Waals surface area contributed by atoms with Gasteiger partial charge in [-0.3, -0.25) is 4.79 Å². The zero-order chi connectivity index (χ0) is 18.4. The highest BCUT2D eigenvalue weighted by Gasteiger charge is 2.06. The zero-order valence-corrected chi connectivity index (χ0v) is 14.5. The lowest BCUT2D eigenvalue weighted by Gasteiger charge is -2.09. The lowest BCUT2D eigenvalue weighted by atomic mass is 10.2. The summed E-state index contributed by atoms with van der Waals surface area (Å²) in [5.41, 5.74) is 2.15. The van der Waals surface area contributed by atoms with Crippen molar-refractivity contribution in [1.29, 1.82) is 0 Å². The van der Waals surface area contributed by atoms with Crippen LogP contribution in [0.15, 0.2) is 66.9 Å². The molecule has 4 nitrogen and oxygen atoms in total. The summed E-state index contributed by atoms with van der Waals surface area (Å²) in [7, 11) is 0. The Balaban J connectivity index is 1.52. The van der Waals surface area contributed by atoms with Crippen molar-refractivity contribution >= 4 is 17.5 Å². The molecule has 0 saturated heterocycles. The highest BCUT2D eigenvalue weighted by molar-refractivity contribution is 6.29. The van der Waals surface area contributed by atoms with E-state index in [0.717, 1.165) is 11.1 Å². The van der Waals surface area contributed by atoms with Crippen molar-refractivity contribution < 1.29 is 13.9 Å². The SMILES string of the molecule is O=C(NCc1ccc(OCc2cccc(F)c2)cc1)c1ccnc(Cl)c1. The third kappa shape index (κ3) is 5.04. The van der Waals surface area contributed by atoms with E-state index < -0.39 is 0 Å². The lowest BCUT2D eigenvalue weighted by Crippen LogP contribution is -2.22. The van der Waals surface area contributed by atoms with Crippen LogP contribution in [0.1, 0.15) is 21.5 Å². The summed E-state index contributed by atoms with van der Waals surface area (Å²) in [6.45, 7) is 0.666. The van der Waals surface area contributed by atoms with Gasteiger partial charge < -0.3 is 10.1 Å². The number of ether oxygens (including phenoxy) is 1. The second-order valence-corrected chi connectivity index (χ2v) is 6.00. The molecule has 1 amide bonds. The number of pyridine rings is 1. The largest absolute Gasteiger partial charge is 0.489 e. The fourth-order valence-electron chi connectivity index (χ4n) is 2.33. The van der Waals surface area contributed by atoms with Gasteiger partial charge in [-0.2, -0.15) is 0 Å². The van der Waals surface area contributed by atoms with Gasteiger partial charge in [0, 0.05) is 18.3 Å². The molecule has 3 rings (SSSR count). The Bertz CT molecular complexity index is 900. The normalized spacial score (nSPS) is 10.4. The Labute approximate surface area is 155 Å². The summed E-state index contributed by atoms with van der Waals surface area (Å²) in [4.78, 5) is 15.9. The molecule has 0 atom stereocenters. The molecule has 0 aliphatic carbocycles. The Hall–Kier alpha value is -2.92. The number of nitrogens with one attached hydrogen (secondary N) is 1. The molecule has 0 aliphatic heterocycles. The van der Waals surface area contributed by atoms with Gasteiger partial charge in [0.15, 0.2) is 0 Å². The van der Waals surface area contributed by atoms with Crippen LogP contribution >= 0.6 is 11.6 Å². The van der Waals surface area contributed by atoms with Crippen molar-refractivity contribution in [3.63, 3.8) is 0 Å². The van der Waals surface area contributed by atoms with Crippen LogP contribution in [0.2, 0.25) is 5.15 Å². The fourth-order valence-corrected chi connectivity index (χ4v) is 2.50. The van der Waals surface area contributed by atoms with E-state index >= 15 is 0 Å². The molecule has 0 spiro atoms. The third-order valence-electron chi connectivity index (χ3n) is 3.66. The number of halogens is 2. The first-order chi connectivity index (χ1) is 12.6. The summed E-state index contributed by atoms with van der Waals surface area (Å²) in [6.07, 6.45) is 1.49. The number of carbonyl (C=O) groups excluding carboxylic acids is 1. The van der Waals surface area contributed by atoms with Crippen molar-refractivity contribution in [1.82, 2.24) is 10.3 Å². The molecule has 6 heteroatoms. The van der Waals surface area contributed by atoms with Crippen molar-refractivity contribution in [2.24, 2.45) is 0 Å². The first-order valence-corrected chi connectivity index (χ1v) is 8.34. The number of carbonyl (C=O) groups is 1. The number of aromatic nitrogens is 1. The summed E-state index contributed by atoms with van der Waals surface area (Å²) >= 11 is 5.78. The van der Waals surface area contributed by atoms with E-state index in [0.29, 0.717) is 17.9 Å². The second kappa shape index (κ2) is 8.45. The molecule has 1 heterocycles. The summed E-state index contributed by atoms with van der Waals surface area (Å²) in [6, 6.07) is 16.7. The molecular formula is C20H16ClFN2O2. The van der Waals surface area contributed by atoms with E-state index in [1.807, 2.05) is 24.3 Å². The molecule has 1 N–H and O–H groups in total. The van der Waals surface area contributed by atoms with Crippen LogP contribution in [0.25, 0.3) is 0 Å². The third-order valence-corrected chi connectivity index (χ3v) is 3.87. The van der Waals surface area contributed by atoms with E-state index in [1.165, 1.54) is 24.4 Å². The molecule has 0 bridgehead atoms. The minimum Gasteiger partial charge on any atom is -0.489 e. The summed E-state index contributed by atoms with van der Waals surface area (Å²) in [5.74, 6) is 0.165. The molecular weight excluding hydrogens is 355 g/mol. The number of hydrogen-bond acceptors (Lipinski definition) is 3. The van der Waals surface area contributed by atoms with Gasteiger partial charge in [-0.25, -0.2) is 9.37 Å². The fraction of sp³-hybridized carbons (Fsp3) is 0.100. The van der Waals surface area contributed by atoms with Gasteiger partial charge in [0.25, 0.3) is 5.91 Å². The minimum absolute atomic E-state index is 0.222. The van der Waals surface area contributed by atoms with Gasteiger partial charge >= 0.3 is 0 Å². The molecule has 0 radical (unpaired) electrons. The predicted molar refractivity (Wildman–Crippen MR) is 97.6 cm³/mol. The number of nitrogens with zero attached hydrogens (tertiary/aromatic N) is 1. The molecule has 26 heavy (non-hydrogen) atoms. The number of rotatable bonds is 6. The summed E-state index contributed by atoms with van der Waals surface area (Å²) in [5, 5.41) is 3.09. The smallest absolute Gasteiger partial charge is 0.251 e. The first kappa shape index (κ1) is 17.9. The number of hydrogen-bond donors (Lipinski definition) is 1. The Morgan fingerprint density at radius 1 is 1.08 bits per heavy atom. The maximum atomic E-state index is 13.1. The van der Waals surface area contributed by atoms with E-state index in [-0.39, 0.29) is 23.5 Å². The standard InChI is InChI=1S/C20H16ClFN2O2/c21-19-11-16(8-9-23-19)20(25)24-12-14-4-6-18(7-5-14)26-13-15-2-1-3-17(22)10-15/h1-11H,12-13H2,(H,24,25). The van der Waals surface area contributed by atoms with Crippen molar-refractivity contribution in [2.75, 3.05) is 0 Å². The van der Waals surface area contributed by atoms with E-state index in [2.05, 4.69) is 10.3 Å². The molecule has 2 aromatic carbocycles. The van der Waals surface area contributed by atoms with Crippen molar-refractivity contribution in [2.45, 2.75) is 13.2 Å². The van der Waals surface area contributed by atoms with Gasteiger partial charge in [-0.05, 0) is 47.5 Å². The molecule has 0 fully saturated rings. The highest BCUT2D eigenvalue weighted by atomic mass is 35.5. The van der Waals surface area contributed by atoms with Crippen molar-refractivity contribution in [3.8, 4) is 5.75 Å². The van der Waals surface area contributed by atoms with Gasteiger partial charge in [-0.15, -0.1) is 0 Å². The number of benzene rings is 2. The minimum atomic E-state index is -0.285. The Morgan fingerprint density at radius 3 is 2.62 bits per heavy atom. The van der Waals surface area contributed by atoms with E-state index in [9.17, 15) is 9.18 Å². The van der Waals surface area contributed by atoms with Crippen LogP contribution in [0, 0.1) is 5.82 Å². The maximum Gasteiger partial charge on any atom is 0.251 e.